The first kappa shape index (κ1) is 56.7. The number of aliphatic hydroxyl groups excluding tert-OH is 4. The lowest BCUT2D eigenvalue weighted by atomic mass is 10.0. The molecular formula is C44H71N3O13S. The first-order valence-electron chi connectivity index (χ1n) is 19.9. The molecule has 16 nitrogen and oxygen atoms in total. The first-order valence-corrected chi connectivity index (χ1v) is 21.3. The van der Waals surface area contributed by atoms with E-state index in [0.29, 0.717) is 60.0 Å². The molecule has 0 fully saturated rings. The Morgan fingerprint density at radius 2 is 1.18 bits per heavy atom. The van der Waals surface area contributed by atoms with E-state index in [9.17, 15) is 30.3 Å². The summed E-state index contributed by atoms with van der Waals surface area (Å²) < 4.78 is 36.6. The maximum absolute atomic E-state index is 11.8. The van der Waals surface area contributed by atoms with Gasteiger partial charge in [-0.15, -0.1) is 0 Å². The van der Waals surface area contributed by atoms with Crippen LogP contribution in [0.5, 0.6) is 23.0 Å². The summed E-state index contributed by atoms with van der Waals surface area (Å²) in [5, 5.41) is 75.6. The molecule has 0 radical (unpaired) electrons. The second-order valence-electron chi connectivity index (χ2n) is 16.5. The van der Waals surface area contributed by atoms with Gasteiger partial charge in [-0.25, -0.2) is 0 Å². The van der Waals surface area contributed by atoms with E-state index in [1.165, 1.54) is 19.2 Å². The predicted octanol–water partition coefficient (Wildman–Crippen LogP) is 5.75. The van der Waals surface area contributed by atoms with Crippen LogP contribution < -0.4 is 20.7 Å². The van der Waals surface area contributed by atoms with Crippen LogP contribution in [0.3, 0.4) is 0 Å². The summed E-state index contributed by atoms with van der Waals surface area (Å²) in [6.45, 7) is 17.3. The molecule has 3 rings (SSSR count). The van der Waals surface area contributed by atoms with E-state index in [1.807, 2.05) is 41.5 Å². The van der Waals surface area contributed by atoms with Gasteiger partial charge in [-0.2, -0.15) is 8.42 Å². The highest BCUT2D eigenvalue weighted by Crippen LogP contribution is 2.26. The quantitative estimate of drug-likeness (QED) is 0.0437. The van der Waals surface area contributed by atoms with Crippen LogP contribution in [0.25, 0.3) is 0 Å². The molecule has 0 saturated heterocycles. The van der Waals surface area contributed by atoms with Crippen LogP contribution in [0.4, 0.5) is 0 Å². The zero-order valence-electron chi connectivity index (χ0n) is 37.0. The molecule has 0 aromatic heterocycles. The number of nitrogens with one attached hydrogen (secondary N) is 3. The van der Waals surface area contributed by atoms with Crippen molar-refractivity contribution in [1.29, 1.82) is 0 Å². The van der Waals surface area contributed by atoms with E-state index in [4.69, 9.17) is 32.5 Å². The number of carbonyl (C=O) groups excluding carboxylic acids is 1. The molecule has 0 aliphatic carbocycles. The third kappa shape index (κ3) is 28.8. The Labute approximate surface area is 361 Å². The van der Waals surface area contributed by atoms with Crippen molar-refractivity contribution in [3.63, 3.8) is 0 Å². The van der Waals surface area contributed by atoms with E-state index in [1.54, 1.807) is 42.5 Å². The predicted molar refractivity (Wildman–Crippen MR) is 237 cm³/mol. The number of benzene rings is 3. The van der Waals surface area contributed by atoms with Crippen LogP contribution in [-0.2, 0) is 35.0 Å². The lowest BCUT2D eigenvalue weighted by Crippen LogP contribution is -2.38. The fourth-order valence-electron chi connectivity index (χ4n) is 4.96. The Bertz CT molecular complexity index is 1780. The van der Waals surface area contributed by atoms with Crippen molar-refractivity contribution in [3.05, 3.63) is 94.6 Å². The number of unbranched alkanes of at least 4 members (excludes halogenated alkanes) is 2. The SMILES string of the molecule is CC(C)(C)NCC(O)c1ccc(O)c(CO)c1.CC(C)(C)NCC(O)c1ccc(O)c(CO)c1.COc1cc(CNC(=O)CCCC/C=C/C(C)C)ccc1O.O=S(=O)(O)O. The third-order valence-electron chi connectivity index (χ3n) is 8.25. The molecule has 0 aliphatic rings. The molecule has 0 saturated carbocycles. The number of hydrogen-bond donors (Lipinski definition) is 12. The molecular weight excluding hydrogens is 811 g/mol. The van der Waals surface area contributed by atoms with Crippen LogP contribution in [0, 0.1) is 5.92 Å². The lowest BCUT2D eigenvalue weighted by molar-refractivity contribution is -0.121. The van der Waals surface area contributed by atoms with Crippen molar-refractivity contribution in [3.8, 4) is 23.0 Å². The maximum atomic E-state index is 11.8. The van der Waals surface area contributed by atoms with Gasteiger partial charge in [0.15, 0.2) is 11.5 Å². The number of β-amino-alcohol motifs (C(OH)–C–C–N with tert-alkyl or cyclic N) is 2. The third-order valence-corrected chi connectivity index (χ3v) is 8.25. The molecule has 1 amide bonds. The number of phenols is 3. The van der Waals surface area contributed by atoms with E-state index < -0.39 is 22.6 Å². The number of allylic oxidation sites excluding steroid dienone is 2. The maximum Gasteiger partial charge on any atom is 0.394 e. The van der Waals surface area contributed by atoms with Crippen LogP contribution in [0.1, 0.15) is 121 Å². The van der Waals surface area contributed by atoms with Gasteiger partial charge in [-0.05, 0) is 120 Å². The normalized spacial score (nSPS) is 12.6. The lowest BCUT2D eigenvalue weighted by Gasteiger charge is -2.23. The minimum Gasteiger partial charge on any atom is -0.508 e. The van der Waals surface area contributed by atoms with Gasteiger partial charge in [-0.3, -0.25) is 13.9 Å². The highest BCUT2D eigenvalue weighted by molar-refractivity contribution is 7.79. The van der Waals surface area contributed by atoms with E-state index in [-0.39, 0.29) is 47.4 Å². The molecule has 12 N–H and O–H groups in total. The zero-order chi connectivity index (χ0) is 47.0. The first-order chi connectivity index (χ1) is 28.2. The molecule has 0 spiro atoms. The number of phenolic OH excluding ortho intramolecular Hbond substituents is 1. The number of hydrogen-bond acceptors (Lipinski definition) is 13. The van der Waals surface area contributed by atoms with E-state index in [2.05, 4.69) is 41.9 Å². The molecule has 2 atom stereocenters. The summed E-state index contributed by atoms with van der Waals surface area (Å²) in [7, 11) is -3.16. The second kappa shape index (κ2) is 28.3. The molecule has 0 heterocycles. The van der Waals surface area contributed by atoms with Crippen LogP contribution in [0.2, 0.25) is 0 Å². The van der Waals surface area contributed by atoms with Crippen molar-refractivity contribution in [1.82, 2.24) is 16.0 Å². The van der Waals surface area contributed by atoms with Gasteiger partial charge in [0.2, 0.25) is 5.91 Å². The minimum atomic E-state index is -4.67. The Morgan fingerprint density at radius 3 is 1.57 bits per heavy atom. The van der Waals surface area contributed by atoms with Gasteiger partial charge in [0.25, 0.3) is 0 Å². The molecule has 17 heteroatoms. The smallest absolute Gasteiger partial charge is 0.394 e. The monoisotopic (exact) mass is 881 g/mol. The Morgan fingerprint density at radius 1 is 0.738 bits per heavy atom. The summed E-state index contributed by atoms with van der Waals surface area (Å²) >= 11 is 0. The number of ether oxygens (including phenoxy) is 1. The van der Waals surface area contributed by atoms with Gasteiger partial charge < -0.3 is 56.4 Å². The summed E-state index contributed by atoms with van der Waals surface area (Å²) in [4.78, 5) is 11.8. The van der Waals surface area contributed by atoms with E-state index >= 15 is 0 Å². The van der Waals surface area contributed by atoms with Gasteiger partial charge in [0.1, 0.15) is 11.5 Å². The summed E-state index contributed by atoms with van der Waals surface area (Å²) in [5.74, 6) is 1.26. The molecule has 3 aromatic carbocycles. The molecule has 0 bridgehead atoms. The Kier molecular flexibility index (Phi) is 26.3. The highest BCUT2D eigenvalue weighted by Gasteiger charge is 2.16. The van der Waals surface area contributed by atoms with Crippen molar-refractivity contribution >= 4 is 16.3 Å². The average Bonchev–Trinajstić information content (AvgIpc) is 3.16. The molecule has 3 aromatic rings. The van der Waals surface area contributed by atoms with Crippen LogP contribution in [0.15, 0.2) is 66.7 Å². The summed E-state index contributed by atoms with van der Waals surface area (Å²) in [5.41, 5.74) is 3.01. The van der Waals surface area contributed by atoms with Gasteiger partial charge in [0.05, 0.1) is 32.5 Å². The van der Waals surface area contributed by atoms with Crippen molar-refractivity contribution in [2.45, 2.75) is 124 Å². The fraction of sp³-hybridized carbons (Fsp3) is 0.523. The van der Waals surface area contributed by atoms with Gasteiger partial charge in [0, 0.05) is 48.3 Å². The fourth-order valence-corrected chi connectivity index (χ4v) is 4.96. The van der Waals surface area contributed by atoms with Crippen molar-refractivity contribution < 1.29 is 62.8 Å². The standard InChI is InChI=1S/C18H27NO3.2C13H21NO3.H2O4S/c1-14(2)8-6-4-5-7-9-18(21)19-13-15-10-11-16(20)17(12-15)22-3;2*1-13(2,3)14-7-12(17)9-4-5-11(16)10(6-9)8-15;1-5(2,3)4/h6,8,10-12,14,20H,4-5,7,9,13H2,1-3H3,(H,19,21);2*4-6,12,14-17H,7-8H2,1-3H3;(H2,1,2,3,4)/b8-6+;;;. The zero-order valence-corrected chi connectivity index (χ0v) is 37.8. The Balaban J connectivity index is 0.000000845. The number of rotatable bonds is 17. The number of aromatic hydroxyl groups is 3. The van der Waals surface area contributed by atoms with Crippen molar-refractivity contribution in [2.24, 2.45) is 5.92 Å². The van der Waals surface area contributed by atoms with Crippen molar-refractivity contribution in [2.75, 3.05) is 20.2 Å². The molecule has 0 aliphatic heterocycles. The molecule has 61 heavy (non-hydrogen) atoms. The molecule has 2 unspecified atom stereocenters. The topological polar surface area (TPSA) is 279 Å². The van der Waals surface area contributed by atoms with Gasteiger partial charge >= 0.3 is 10.4 Å². The number of aliphatic hydroxyl groups is 4. The van der Waals surface area contributed by atoms with E-state index in [0.717, 1.165) is 24.8 Å². The minimum absolute atomic E-state index is 0.0484. The summed E-state index contributed by atoms with van der Waals surface area (Å²) in [6.07, 6.45) is 6.58. The molecule has 346 valence electrons. The largest absolute Gasteiger partial charge is 0.508 e. The number of amides is 1. The van der Waals surface area contributed by atoms with Gasteiger partial charge in [-0.1, -0.05) is 44.2 Å². The second-order valence-corrected chi connectivity index (χ2v) is 17.4. The Hall–Kier alpha value is -4.30. The van der Waals surface area contributed by atoms with Crippen LogP contribution in [-0.4, -0.2) is 90.5 Å². The average molecular weight is 882 g/mol. The summed E-state index contributed by atoms with van der Waals surface area (Å²) in [6, 6.07) is 14.6. The van der Waals surface area contributed by atoms with Crippen LogP contribution >= 0.6 is 0 Å². The number of carbonyl (C=O) groups is 1. The highest BCUT2D eigenvalue weighted by atomic mass is 32.3. The number of methoxy groups -OCH3 is 1.